The van der Waals surface area contributed by atoms with E-state index in [1.165, 1.54) is 62.8 Å². The second kappa shape index (κ2) is 21.3. The molecule has 0 aromatic heterocycles. The zero-order chi connectivity index (χ0) is 49.0. The standard InChI is InChI=1S/2C20H17F3N2O4.C4H4O4/c2*1-28-15-8-9-16-17(11-15)19(29-2,20(21,22)23)12-24-18(16)10-5-13-3-6-14(7-4-13)25(26)27;5-3(6)1-2-4(7)8/h2*3-11H,12H2,1-2H3;1-2H,(H,5,6)(H,7,8)/b2*10-5+;2-1-. The van der Waals surface area contributed by atoms with Crippen molar-refractivity contribution in [2.45, 2.75) is 23.6 Å². The Hall–Kier alpha value is -7.72. The maximum absolute atomic E-state index is 13.9. The molecule has 0 radical (unpaired) electrons. The van der Waals surface area contributed by atoms with Crippen LogP contribution in [0, 0.1) is 20.2 Å². The van der Waals surface area contributed by atoms with Gasteiger partial charge in [0.1, 0.15) is 11.5 Å². The maximum atomic E-state index is 13.9. The second-order valence-corrected chi connectivity index (χ2v) is 13.7. The first-order valence-electron chi connectivity index (χ1n) is 18.8. The average Bonchev–Trinajstić information content (AvgIpc) is 3.28. The molecule has 0 fully saturated rings. The monoisotopic (exact) mass is 928 g/mol. The Morgan fingerprint density at radius 3 is 1.18 bits per heavy atom. The maximum Gasteiger partial charge on any atom is 0.423 e. The van der Waals surface area contributed by atoms with Crippen LogP contribution >= 0.6 is 0 Å². The second-order valence-electron chi connectivity index (χ2n) is 13.7. The summed E-state index contributed by atoms with van der Waals surface area (Å²) < 4.78 is 103. The van der Waals surface area contributed by atoms with Gasteiger partial charge in [0.05, 0.1) is 48.6 Å². The summed E-state index contributed by atoms with van der Waals surface area (Å²) in [6.07, 6.45) is -1.84. The predicted octanol–water partition coefficient (Wildman–Crippen LogP) is 8.76. The van der Waals surface area contributed by atoms with Crippen LogP contribution in [-0.4, -0.2) is 97.3 Å². The van der Waals surface area contributed by atoms with Crippen LogP contribution in [0.15, 0.2) is 119 Å². The highest BCUT2D eigenvalue weighted by Crippen LogP contribution is 2.48. The average molecular weight is 929 g/mol. The van der Waals surface area contributed by atoms with Gasteiger partial charge in [0.25, 0.3) is 11.4 Å². The molecular formula is C44H38F6N4O12. The molecule has 2 heterocycles. The van der Waals surface area contributed by atoms with E-state index in [0.29, 0.717) is 34.7 Å². The van der Waals surface area contributed by atoms with Gasteiger partial charge < -0.3 is 29.2 Å². The summed E-state index contributed by atoms with van der Waals surface area (Å²) in [5.41, 5.74) is -2.87. The number of hydrogen-bond donors (Lipinski definition) is 2. The molecule has 16 nitrogen and oxygen atoms in total. The zero-order valence-corrected chi connectivity index (χ0v) is 35.0. The number of ether oxygens (including phenoxy) is 4. The van der Waals surface area contributed by atoms with Gasteiger partial charge in [-0.2, -0.15) is 26.3 Å². The number of carbonyl (C=O) groups is 2. The van der Waals surface area contributed by atoms with E-state index in [0.717, 1.165) is 14.2 Å². The lowest BCUT2D eigenvalue weighted by atomic mass is 9.84. The van der Waals surface area contributed by atoms with Crippen LogP contribution < -0.4 is 9.47 Å². The fourth-order valence-electron chi connectivity index (χ4n) is 6.41. The molecule has 0 aliphatic carbocycles. The summed E-state index contributed by atoms with van der Waals surface area (Å²) >= 11 is 0. The predicted molar refractivity (Wildman–Crippen MR) is 227 cm³/mol. The van der Waals surface area contributed by atoms with Crippen LogP contribution in [0.25, 0.3) is 12.2 Å². The molecule has 2 unspecified atom stereocenters. The number of carboxylic acid groups (broad SMARTS) is 2. The molecule has 0 bridgehead atoms. The Morgan fingerprint density at radius 2 is 0.924 bits per heavy atom. The number of fused-ring (bicyclic) bond motifs is 2. The first kappa shape index (κ1) is 50.9. The van der Waals surface area contributed by atoms with Crippen molar-refractivity contribution >= 4 is 46.9 Å². The number of nitro benzene ring substituents is 2. The number of hydrogen-bond acceptors (Lipinski definition) is 12. The summed E-state index contributed by atoms with van der Waals surface area (Å²) in [7, 11) is 4.75. The summed E-state index contributed by atoms with van der Waals surface area (Å²) in [6, 6.07) is 20.3. The van der Waals surface area contributed by atoms with Crippen molar-refractivity contribution in [2.75, 3.05) is 41.5 Å². The Bertz CT molecular complexity index is 2420. The van der Waals surface area contributed by atoms with Crippen LogP contribution in [0.5, 0.6) is 11.5 Å². The van der Waals surface area contributed by atoms with Crippen LogP contribution in [-0.2, 0) is 30.3 Å². The minimum atomic E-state index is -4.68. The molecule has 2 N–H and O–H groups in total. The van der Waals surface area contributed by atoms with E-state index >= 15 is 0 Å². The largest absolute Gasteiger partial charge is 0.497 e. The molecule has 0 spiro atoms. The van der Waals surface area contributed by atoms with E-state index in [1.54, 1.807) is 60.7 Å². The smallest absolute Gasteiger partial charge is 0.423 e. The van der Waals surface area contributed by atoms with Crippen molar-refractivity contribution in [1.82, 2.24) is 0 Å². The van der Waals surface area contributed by atoms with Crippen molar-refractivity contribution < 1.29 is 74.9 Å². The topological polar surface area (TPSA) is 223 Å². The number of carboxylic acids is 2. The summed E-state index contributed by atoms with van der Waals surface area (Å²) in [6.45, 7) is -1.26. The molecule has 2 aliphatic rings. The number of alkyl halides is 6. The van der Waals surface area contributed by atoms with Gasteiger partial charge in [-0.15, -0.1) is 0 Å². The minimum Gasteiger partial charge on any atom is -0.497 e. The SMILES string of the molecule is COc1ccc2c(c1)C(OC)(C(F)(F)F)CN=C2/C=C/c1ccc([N+](=O)[O-])cc1.COc1ccc2c(c1)C(OC)(C(F)(F)F)CN=C2/C=C/c1ccc([N+](=O)[O-])cc1.O=C(O)/C=C\C(=O)O. The molecule has 2 aliphatic heterocycles. The summed E-state index contributed by atoms with van der Waals surface area (Å²) in [5.74, 6) is -1.97. The molecule has 0 saturated carbocycles. The normalized spacial score (nSPS) is 17.8. The van der Waals surface area contributed by atoms with E-state index in [-0.39, 0.29) is 45.1 Å². The van der Waals surface area contributed by atoms with Crippen molar-refractivity contribution in [3.8, 4) is 11.5 Å². The summed E-state index contributed by atoms with van der Waals surface area (Å²) in [4.78, 5) is 47.8. The van der Waals surface area contributed by atoms with Gasteiger partial charge >= 0.3 is 24.3 Å². The van der Waals surface area contributed by atoms with E-state index in [1.807, 2.05) is 0 Å². The molecule has 2 atom stereocenters. The lowest BCUT2D eigenvalue weighted by molar-refractivity contribution is -0.385. The third-order valence-corrected chi connectivity index (χ3v) is 9.88. The van der Waals surface area contributed by atoms with Crippen molar-refractivity contribution in [2.24, 2.45) is 9.98 Å². The molecule has 4 aromatic carbocycles. The number of allylic oxidation sites excluding steroid dienone is 2. The quantitative estimate of drug-likeness (QED) is 0.0589. The first-order chi connectivity index (χ1) is 31.1. The van der Waals surface area contributed by atoms with E-state index in [4.69, 9.17) is 29.2 Å². The zero-order valence-electron chi connectivity index (χ0n) is 35.0. The highest BCUT2D eigenvalue weighted by Gasteiger charge is 2.60. The van der Waals surface area contributed by atoms with Crippen molar-refractivity contribution in [3.63, 3.8) is 0 Å². The molecule has 0 amide bonds. The van der Waals surface area contributed by atoms with E-state index in [2.05, 4.69) is 9.98 Å². The van der Waals surface area contributed by atoms with Crippen LogP contribution in [0.2, 0.25) is 0 Å². The number of benzene rings is 4. The highest BCUT2D eigenvalue weighted by molar-refractivity contribution is 6.13. The molecule has 22 heteroatoms. The third kappa shape index (κ3) is 11.7. The molecule has 6 rings (SSSR count). The van der Waals surface area contributed by atoms with E-state index < -0.39 is 58.4 Å². The van der Waals surface area contributed by atoms with Gasteiger partial charge in [-0.25, -0.2) is 9.59 Å². The van der Waals surface area contributed by atoms with Crippen LogP contribution in [0.1, 0.15) is 33.4 Å². The molecule has 0 saturated heterocycles. The van der Waals surface area contributed by atoms with Gasteiger partial charge in [-0.05, 0) is 83.9 Å². The fraction of sp³-hybridized carbons (Fsp3) is 0.227. The number of nitro groups is 2. The van der Waals surface area contributed by atoms with Crippen molar-refractivity contribution in [3.05, 3.63) is 163 Å². The first-order valence-corrected chi connectivity index (χ1v) is 18.8. The number of non-ortho nitro benzene ring substituents is 2. The highest BCUT2D eigenvalue weighted by atomic mass is 19.4. The molecule has 348 valence electrons. The van der Waals surface area contributed by atoms with Gasteiger partial charge in [0, 0.05) is 72.9 Å². The molecular weight excluding hydrogens is 890 g/mol. The fourth-order valence-corrected chi connectivity index (χ4v) is 6.41. The summed E-state index contributed by atoms with van der Waals surface area (Å²) in [5, 5.41) is 37.1. The van der Waals surface area contributed by atoms with Crippen LogP contribution in [0.4, 0.5) is 37.7 Å². The molecule has 4 aromatic rings. The van der Waals surface area contributed by atoms with Gasteiger partial charge in [-0.3, -0.25) is 30.2 Å². The Labute approximate surface area is 370 Å². The van der Waals surface area contributed by atoms with Crippen molar-refractivity contribution in [1.29, 1.82) is 0 Å². The van der Waals surface area contributed by atoms with Gasteiger partial charge in [0.15, 0.2) is 0 Å². The number of aliphatic carboxylic acids is 2. The minimum absolute atomic E-state index is 0.0512. The van der Waals surface area contributed by atoms with Gasteiger partial charge in [0.2, 0.25) is 11.2 Å². The third-order valence-electron chi connectivity index (χ3n) is 9.88. The number of rotatable bonds is 12. The van der Waals surface area contributed by atoms with Gasteiger partial charge in [-0.1, -0.05) is 12.2 Å². The Balaban J connectivity index is 0.000000248. The Morgan fingerprint density at radius 1 is 0.591 bits per heavy atom. The molecule has 66 heavy (non-hydrogen) atoms. The lowest BCUT2D eigenvalue weighted by Crippen LogP contribution is -2.49. The number of halogens is 6. The van der Waals surface area contributed by atoms with Crippen LogP contribution in [0.3, 0.4) is 0 Å². The lowest BCUT2D eigenvalue weighted by Gasteiger charge is -2.37. The number of methoxy groups -OCH3 is 4. The number of aliphatic imine (C=N–C) groups is 2. The number of nitrogens with zero attached hydrogens (tertiary/aromatic N) is 4. The van der Waals surface area contributed by atoms with E-state index in [9.17, 15) is 56.2 Å². The Kier molecular flexibility index (Phi) is 16.4.